The van der Waals surface area contributed by atoms with E-state index in [4.69, 9.17) is 0 Å². The Balaban J connectivity index is 1.77. The zero-order valence-corrected chi connectivity index (χ0v) is 11.4. The van der Waals surface area contributed by atoms with Crippen molar-refractivity contribution in [1.82, 2.24) is 10.3 Å². The van der Waals surface area contributed by atoms with Gasteiger partial charge in [-0.25, -0.2) is 0 Å². The highest BCUT2D eigenvalue weighted by atomic mass is 16.3. The SMILES string of the molecule is Cc1cccnc1CC(=O)NCC1CCCC(O)C1. The van der Waals surface area contributed by atoms with Gasteiger partial charge in [-0.2, -0.15) is 0 Å². The number of aliphatic hydroxyl groups is 1. The molecule has 0 aromatic carbocycles. The maximum Gasteiger partial charge on any atom is 0.226 e. The molecule has 1 heterocycles. The predicted molar refractivity (Wildman–Crippen MR) is 73.7 cm³/mol. The molecule has 0 aliphatic heterocycles. The molecule has 2 N–H and O–H groups in total. The lowest BCUT2D eigenvalue weighted by molar-refractivity contribution is -0.120. The molecule has 1 aromatic rings. The molecule has 0 radical (unpaired) electrons. The molecular weight excluding hydrogens is 240 g/mol. The Morgan fingerprint density at radius 1 is 1.53 bits per heavy atom. The van der Waals surface area contributed by atoms with Crippen molar-refractivity contribution in [2.45, 2.75) is 45.1 Å². The monoisotopic (exact) mass is 262 g/mol. The van der Waals surface area contributed by atoms with Crippen LogP contribution in [0.1, 0.15) is 36.9 Å². The molecule has 1 aliphatic carbocycles. The summed E-state index contributed by atoms with van der Waals surface area (Å²) in [5, 5.41) is 12.6. The van der Waals surface area contributed by atoms with Crippen LogP contribution >= 0.6 is 0 Å². The highest BCUT2D eigenvalue weighted by Gasteiger charge is 2.20. The summed E-state index contributed by atoms with van der Waals surface area (Å²) in [6.07, 6.45) is 5.73. The molecule has 19 heavy (non-hydrogen) atoms. The largest absolute Gasteiger partial charge is 0.393 e. The molecule has 2 unspecified atom stereocenters. The molecule has 1 aromatic heterocycles. The molecule has 4 heteroatoms. The van der Waals surface area contributed by atoms with Gasteiger partial charge < -0.3 is 10.4 Å². The van der Waals surface area contributed by atoms with Crippen molar-refractivity contribution in [3.8, 4) is 0 Å². The average molecular weight is 262 g/mol. The first kappa shape index (κ1) is 14.0. The van der Waals surface area contributed by atoms with E-state index in [-0.39, 0.29) is 12.0 Å². The number of pyridine rings is 1. The van der Waals surface area contributed by atoms with Gasteiger partial charge in [-0.3, -0.25) is 9.78 Å². The van der Waals surface area contributed by atoms with Gasteiger partial charge in [0.05, 0.1) is 18.2 Å². The Bertz CT molecular complexity index is 434. The Hall–Kier alpha value is -1.42. The van der Waals surface area contributed by atoms with Crippen molar-refractivity contribution in [3.05, 3.63) is 29.6 Å². The van der Waals surface area contributed by atoms with Gasteiger partial charge in [0.25, 0.3) is 0 Å². The Kier molecular flexibility index (Phi) is 4.91. The van der Waals surface area contributed by atoms with Gasteiger partial charge in [-0.1, -0.05) is 12.5 Å². The number of nitrogens with one attached hydrogen (secondary N) is 1. The second-order valence-electron chi connectivity index (χ2n) is 5.43. The second-order valence-corrected chi connectivity index (χ2v) is 5.43. The maximum absolute atomic E-state index is 11.9. The third-order valence-corrected chi connectivity index (χ3v) is 3.79. The number of aryl methyl sites for hydroxylation is 1. The van der Waals surface area contributed by atoms with E-state index in [2.05, 4.69) is 10.3 Å². The third-order valence-electron chi connectivity index (χ3n) is 3.79. The minimum atomic E-state index is -0.186. The maximum atomic E-state index is 11.9. The third kappa shape index (κ3) is 4.31. The number of aliphatic hydroxyl groups excluding tert-OH is 1. The van der Waals surface area contributed by atoms with E-state index >= 15 is 0 Å². The summed E-state index contributed by atoms with van der Waals surface area (Å²) in [4.78, 5) is 16.1. The Morgan fingerprint density at radius 2 is 2.37 bits per heavy atom. The number of carbonyl (C=O) groups is 1. The molecule has 1 amide bonds. The fourth-order valence-corrected chi connectivity index (χ4v) is 2.62. The van der Waals surface area contributed by atoms with Crippen molar-refractivity contribution >= 4 is 5.91 Å². The van der Waals surface area contributed by atoms with Crippen LogP contribution in [0.15, 0.2) is 18.3 Å². The lowest BCUT2D eigenvalue weighted by Crippen LogP contribution is -2.34. The Morgan fingerprint density at radius 3 is 3.11 bits per heavy atom. The predicted octanol–water partition coefficient (Wildman–Crippen LogP) is 1.60. The van der Waals surface area contributed by atoms with Crippen LogP contribution in [-0.2, 0) is 11.2 Å². The number of amides is 1. The number of nitrogens with zero attached hydrogens (tertiary/aromatic N) is 1. The van der Waals surface area contributed by atoms with Crippen LogP contribution in [0.25, 0.3) is 0 Å². The topological polar surface area (TPSA) is 62.2 Å². The van der Waals surface area contributed by atoms with E-state index in [9.17, 15) is 9.90 Å². The zero-order valence-electron chi connectivity index (χ0n) is 11.4. The van der Waals surface area contributed by atoms with Crippen molar-refractivity contribution in [1.29, 1.82) is 0 Å². The highest BCUT2D eigenvalue weighted by molar-refractivity contribution is 5.78. The van der Waals surface area contributed by atoms with E-state index in [1.165, 1.54) is 0 Å². The zero-order chi connectivity index (χ0) is 13.7. The summed E-state index contributed by atoms with van der Waals surface area (Å²) in [6, 6.07) is 3.84. The van der Waals surface area contributed by atoms with Gasteiger partial charge in [-0.15, -0.1) is 0 Å². The normalized spacial score (nSPS) is 23.1. The summed E-state index contributed by atoms with van der Waals surface area (Å²) < 4.78 is 0. The van der Waals surface area contributed by atoms with Gasteiger partial charge in [0.2, 0.25) is 5.91 Å². The van der Waals surface area contributed by atoms with E-state index in [1.807, 2.05) is 19.1 Å². The van der Waals surface area contributed by atoms with Crippen molar-refractivity contribution in [2.24, 2.45) is 5.92 Å². The minimum absolute atomic E-state index is 0.0156. The summed E-state index contributed by atoms with van der Waals surface area (Å²) in [7, 11) is 0. The molecule has 2 atom stereocenters. The summed E-state index contributed by atoms with van der Waals surface area (Å²) in [6.45, 7) is 2.63. The van der Waals surface area contributed by atoms with Crippen molar-refractivity contribution in [3.63, 3.8) is 0 Å². The van der Waals surface area contributed by atoms with Gasteiger partial charge in [-0.05, 0) is 43.7 Å². The van der Waals surface area contributed by atoms with Crippen LogP contribution in [0.4, 0.5) is 0 Å². The average Bonchev–Trinajstić information content (AvgIpc) is 2.39. The molecule has 4 nitrogen and oxygen atoms in total. The van der Waals surface area contributed by atoms with E-state index < -0.39 is 0 Å². The molecule has 104 valence electrons. The van der Waals surface area contributed by atoms with Gasteiger partial charge in [0.15, 0.2) is 0 Å². The molecule has 0 saturated heterocycles. The lowest BCUT2D eigenvalue weighted by atomic mass is 9.87. The summed E-state index contributed by atoms with van der Waals surface area (Å²) >= 11 is 0. The standard InChI is InChI=1S/C15H22N2O2/c1-11-4-3-7-16-14(11)9-15(19)17-10-12-5-2-6-13(18)8-12/h3-4,7,12-13,18H,2,5-6,8-10H2,1H3,(H,17,19). The fraction of sp³-hybridized carbons (Fsp3) is 0.600. The number of aromatic nitrogens is 1. The Labute approximate surface area is 114 Å². The number of hydrogen-bond donors (Lipinski definition) is 2. The molecule has 2 rings (SSSR count). The first-order valence-electron chi connectivity index (χ1n) is 7.00. The van der Waals surface area contributed by atoms with E-state index in [0.717, 1.165) is 36.9 Å². The van der Waals surface area contributed by atoms with Gasteiger partial charge >= 0.3 is 0 Å². The second kappa shape index (κ2) is 6.66. The number of hydrogen-bond acceptors (Lipinski definition) is 3. The fourth-order valence-electron chi connectivity index (χ4n) is 2.62. The van der Waals surface area contributed by atoms with E-state index in [0.29, 0.717) is 18.9 Å². The van der Waals surface area contributed by atoms with Crippen molar-refractivity contribution in [2.75, 3.05) is 6.54 Å². The van der Waals surface area contributed by atoms with Crippen LogP contribution < -0.4 is 5.32 Å². The van der Waals surface area contributed by atoms with Gasteiger partial charge in [0.1, 0.15) is 0 Å². The van der Waals surface area contributed by atoms with Gasteiger partial charge in [0, 0.05) is 12.7 Å². The number of rotatable bonds is 4. The summed E-state index contributed by atoms with van der Waals surface area (Å²) in [5.41, 5.74) is 1.88. The minimum Gasteiger partial charge on any atom is -0.393 e. The number of carbonyl (C=O) groups excluding carboxylic acids is 1. The molecule has 0 bridgehead atoms. The van der Waals surface area contributed by atoms with Crippen LogP contribution in [0, 0.1) is 12.8 Å². The van der Waals surface area contributed by atoms with Crippen LogP contribution in [0.3, 0.4) is 0 Å². The molecular formula is C15H22N2O2. The molecule has 1 saturated carbocycles. The van der Waals surface area contributed by atoms with E-state index in [1.54, 1.807) is 6.20 Å². The van der Waals surface area contributed by atoms with Crippen LogP contribution in [-0.4, -0.2) is 28.6 Å². The van der Waals surface area contributed by atoms with Crippen molar-refractivity contribution < 1.29 is 9.90 Å². The van der Waals surface area contributed by atoms with Crippen LogP contribution in [0.5, 0.6) is 0 Å². The first-order chi connectivity index (χ1) is 9.15. The lowest BCUT2D eigenvalue weighted by Gasteiger charge is -2.25. The first-order valence-corrected chi connectivity index (χ1v) is 7.00. The molecule has 1 aliphatic rings. The quantitative estimate of drug-likeness (QED) is 0.866. The molecule has 1 fully saturated rings. The van der Waals surface area contributed by atoms with Crippen LogP contribution in [0.2, 0.25) is 0 Å². The smallest absolute Gasteiger partial charge is 0.226 e. The highest BCUT2D eigenvalue weighted by Crippen LogP contribution is 2.23. The summed E-state index contributed by atoms with van der Waals surface area (Å²) in [5.74, 6) is 0.430. The molecule has 0 spiro atoms.